The molecule has 1 aromatic carbocycles. The minimum Gasteiger partial charge on any atom is -0.340 e. The van der Waals surface area contributed by atoms with E-state index in [1.54, 1.807) is 0 Å². The summed E-state index contributed by atoms with van der Waals surface area (Å²) in [6.45, 7) is 6.38. The quantitative estimate of drug-likeness (QED) is 0.902. The molecule has 0 bridgehead atoms. The largest absolute Gasteiger partial charge is 0.340 e. The molecule has 2 rings (SSSR count). The Morgan fingerprint density at radius 1 is 1.27 bits per heavy atom. The molecule has 1 aromatic rings. The number of nitrogens with two attached hydrogens (primary N) is 1. The minimum absolute atomic E-state index is 0.0621. The van der Waals surface area contributed by atoms with Crippen molar-refractivity contribution in [2.75, 3.05) is 33.7 Å². The van der Waals surface area contributed by atoms with E-state index in [1.807, 2.05) is 30.0 Å². The molecule has 1 saturated heterocycles. The highest BCUT2D eigenvalue weighted by atomic mass is 16.2. The van der Waals surface area contributed by atoms with E-state index in [-0.39, 0.29) is 11.9 Å². The fourth-order valence-corrected chi connectivity index (χ4v) is 3.66. The first-order valence-electron chi connectivity index (χ1n) is 8.16. The Morgan fingerprint density at radius 3 is 2.41 bits per heavy atom. The Morgan fingerprint density at radius 2 is 1.91 bits per heavy atom. The lowest BCUT2D eigenvalue weighted by Gasteiger charge is -2.31. The van der Waals surface area contributed by atoms with Crippen molar-refractivity contribution in [3.8, 4) is 0 Å². The van der Waals surface area contributed by atoms with Gasteiger partial charge in [0.1, 0.15) is 0 Å². The number of rotatable bonds is 5. The van der Waals surface area contributed by atoms with Crippen LogP contribution in [0.4, 0.5) is 0 Å². The molecular formula is C18H29N3O. The molecule has 1 heterocycles. The van der Waals surface area contributed by atoms with Gasteiger partial charge in [-0.05, 0) is 38.0 Å². The first-order chi connectivity index (χ1) is 10.5. The second kappa shape index (κ2) is 7.25. The first-order valence-corrected chi connectivity index (χ1v) is 8.16. The number of hydrogen-bond acceptors (Lipinski definition) is 3. The number of carbonyl (C=O) groups is 1. The highest BCUT2D eigenvalue weighted by Gasteiger charge is 2.38. The normalized spacial score (nSPS) is 23.3. The third kappa shape index (κ3) is 3.50. The number of nitrogens with zero attached hydrogens (tertiary/aromatic N) is 2. The molecule has 4 heteroatoms. The molecular weight excluding hydrogens is 274 g/mol. The van der Waals surface area contributed by atoms with Crippen molar-refractivity contribution < 1.29 is 4.79 Å². The van der Waals surface area contributed by atoms with Crippen molar-refractivity contribution >= 4 is 5.91 Å². The van der Waals surface area contributed by atoms with Crippen LogP contribution in [-0.4, -0.2) is 55.5 Å². The van der Waals surface area contributed by atoms with Crippen LogP contribution in [0.5, 0.6) is 0 Å². The average molecular weight is 303 g/mol. The molecule has 1 amide bonds. The summed E-state index contributed by atoms with van der Waals surface area (Å²) in [5.74, 6) is 1.23. The maximum Gasteiger partial charge on any atom is 0.240 e. The third-order valence-electron chi connectivity index (χ3n) is 4.72. The number of likely N-dealkylation sites (tertiary alicyclic amines) is 1. The van der Waals surface area contributed by atoms with Crippen molar-refractivity contribution in [2.24, 2.45) is 17.6 Å². The second-order valence-electron chi connectivity index (χ2n) is 6.91. The maximum absolute atomic E-state index is 12.9. The molecule has 0 radical (unpaired) electrons. The Bertz CT molecular complexity index is 478. The second-order valence-corrected chi connectivity index (χ2v) is 6.91. The van der Waals surface area contributed by atoms with Gasteiger partial charge >= 0.3 is 0 Å². The molecule has 122 valence electrons. The Hall–Kier alpha value is -1.39. The summed E-state index contributed by atoms with van der Waals surface area (Å²) < 4.78 is 0. The third-order valence-corrected chi connectivity index (χ3v) is 4.72. The molecule has 1 fully saturated rings. The van der Waals surface area contributed by atoms with E-state index in [9.17, 15) is 4.79 Å². The zero-order valence-electron chi connectivity index (χ0n) is 14.2. The van der Waals surface area contributed by atoms with Crippen LogP contribution >= 0.6 is 0 Å². The van der Waals surface area contributed by atoms with Gasteiger partial charge < -0.3 is 10.6 Å². The summed E-state index contributed by atoms with van der Waals surface area (Å²) in [5, 5.41) is 0. The SMILES string of the molecule is CC(C)[C@@H](C(=O)N1C[C@@H](CN)[C@H](c2ccccc2)C1)N(C)C. The number of hydrogen-bond donors (Lipinski definition) is 1. The molecule has 0 aromatic heterocycles. The van der Waals surface area contributed by atoms with Crippen molar-refractivity contribution in [2.45, 2.75) is 25.8 Å². The summed E-state index contributed by atoms with van der Waals surface area (Å²) in [4.78, 5) is 17.0. The van der Waals surface area contributed by atoms with Gasteiger partial charge in [0.05, 0.1) is 6.04 Å². The van der Waals surface area contributed by atoms with Gasteiger partial charge in [0, 0.05) is 19.0 Å². The zero-order valence-corrected chi connectivity index (χ0v) is 14.2. The molecule has 1 aliphatic rings. The smallest absolute Gasteiger partial charge is 0.240 e. The van der Waals surface area contributed by atoms with E-state index in [1.165, 1.54) is 5.56 Å². The minimum atomic E-state index is -0.0621. The van der Waals surface area contributed by atoms with Gasteiger partial charge in [0.2, 0.25) is 5.91 Å². The summed E-state index contributed by atoms with van der Waals surface area (Å²) in [7, 11) is 3.96. The van der Waals surface area contributed by atoms with Crippen molar-refractivity contribution in [1.82, 2.24) is 9.80 Å². The maximum atomic E-state index is 12.9. The van der Waals surface area contributed by atoms with Gasteiger partial charge in [0.25, 0.3) is 0 Å². The first kappa shape index (κ1) is 17.0. The van der Waals surface area contributed by atoms with Crippen LogP contribution in [0.2, 0.25) is 0 Å². The molecule has 0 aliphatic carbocycles. The van der Waals surface area contributed by atoms with Gasteiger partial charge in [-0.1, -0.05) is 44.2 Å². The highest BCUT2D eigenvalue weighted by Crippen LogP contribution is 2.32. The van der Waals surface area contributed by atoms with Crippen molar-refractivity contribution in [1.29, 1.82) is 0 Å². The van der Waals surface area contributed by atoms with Crippen LogP contribution in [-0.2, 0) is 4.79 Å². The summed E-state index contributed by atoms with van der Waals surface area (Å²) in [5.41, 5.74) is 7.26. The fraction of sp³-hybridized carbons (Fsp3) is 0.611. The fourth-order valence-electron chi connectivity index (χ4n) is 3.66. The van der Waals surface area contributed by atoms with Crippen molar-refractivity contribution in [3.05, 3.63) is 35.9 Å². The number of benzene rings is 1. The van der Waals surface area contributed by atoms with Gasteiger partial charge in [-0.15, -0.1) is 0 Å². The standard InChI is InChI=1S/C18H29N3O/c1-13(2)17(20(3)4)18(22)21-11-15(10-19)16(12-21)14-8-6-5-7-9-14/h5-9,13,15-17H,10-12,19H2,1-4H3/t15-,16+,17+/m1/s1. The van der Waals surface area contributed by atoms with E-state index in [4.69, 9.17) is 5.73 Å². The van der Waals surface area contributed by atoms with Crippen LogP contribution in [0.1, 0.15) is 25.3 Å². The van der Waals surface area contributed by atoms with E-state index >= 15 is 0 Å². The monoisotopic (exact) mass is 303 g/mol. The van der Waals surface area contributed by atoms with E-state index in [2.05, 4.69) is 38.1 Å². The zero-order chi connectivity index (χ0) is 16.3. The summed E-state index contributed by atoms with van der Waals surface area (Å²) in [6.07, 6.45) is 0. The van der Waals surface area contributed by atoms with Crippen molar-refractivity contribution in [3.63, 3.8) is 0 Å². The molecule has 0 unspecified atom stereocenters. The van der Waals surface area contributed by atoms with Crippen LogP contribution in [0.3, 0.4) is 0 Å². The molecule has 1 aliphatic heterocycles. The Labute approximate surface area is 134 Å². The molecule has 0 spiro atoms. The van der Waals surface area contributed by atoms with Gasteiger partial charge in [-0.25, -0.2) is 0 Å². The lowest BCUT2D eigenvalue weighted by molar-refractivity contribution is -0.136. The van der Waals surface area contributed by atoms with Crippen LogP contribution in [0.15, 0.2) is 30.3 Å². The lowest BCUT2D eigenvalue weighted by Crippen LogP contribution is -2.48. The number of amides is 1. The van der Waals surface area contributed by atoms with E-state index < -0.39 is 0 Å². The van der Waals surface area contributed by atoms with Gasteiger partial charge in [-0.3, -0.25) is 9.69 Å². The van der Waals surface area contributed by atoms with Crippen LogP contribution < -0.4 is 5.73 Å². The van der Waals surface area contributed by atoms with E-state index in [0.29, 0.717) is 24.3 Å². The molecule has 3 atom stereocenters. The van der Waals surface area contributed by atoms with Crippen LogP contribution in [0.25, 0.3) is 0 Å². The predicted molar refractivity (Wildman–Crippen MR) is 90.6 cm³/mol. The number of likely N-dealkylation sites (N-methyl/N-ethyl adjacent to an activating group) is 1. The molecule has 4 nitrogen and oxygen atoms in total. The van der Waals surface area contributed by atoms with Gasteiger partial charge in [-0.2, -0.15) is 0 Å². The predicted octanol–water partition coefficient (Wildman–Crippen LogP) is 1.77. The average Bonchev–Trinajstić information content (AvgIpc) is 2.91. The number of carbonyl (C=O) groups excluding carboxylic acids is 1. The highest BCUT2D eigenvalue weighted by molar-refractivity contribution is 5.82. The van der Waals surface area contributed by atoms with Gasteiger partial charge in [0.15, 0.2) is 0 Å². The molecule has 2 N–H and O–H groups in total. The van der Waals surface area contributed by atoms with Crippen LogP contribution in [0, 0.1) is 11.8 Å². The Kier molecular flexibility index (Phi) is 5.59. The summed E-state index contributed by atoms with van der Waals surface area (Å²) in [6, 6.07) is 10.4. The van der Waals surface area contributed by atoms with E-state index in [0.717, 1.165) is 13.1 Å². The summed E-state index contributed by atoms with van der Waals surface area (Å²) >= 11 is 0. The Balaban J connectivity index is 2.16. The molecule has 22 heavy (non-hydrogen) atoms. The lowest BCUT2D eigenvalue weighted by atomic mass is 9.89. The topological polar surface area (TPSA) is 49.6 Å². The molecule has 0 saturated carbocycles.